The number of sulfonamides is 1. The van der Waals surface area contributed by atoms with Gasteiger partial charge in [-0.05, 0) is 42.0 Å². The highest BCUT2D eigenvalue weighted by atomic mass is 32.2. The maximum absolute atomic E-state index is 14.6. The summed E-state index contributed by atoms with van der Waals surface area (Å²) in [5.41, 5.74) is -0.144. The molecule has 54 heavy (non-hydrogen) atoms. The Labute approximate surface area is 312 Å². The van der Waals surface area contributed by atoms with E-state index in [1.165, 1.54) is 22.0 Å². The zero-order chi connectivity index (χ0) is 38.6. The standard InChI is InChI=1S/C38H42N6O9S/c1-4-16-43(32(45)5-2)23-30-35(47)44-22-27(19-31(44)33(46)41-38(20-24(3)21-38)36(48)42-54(50,51)28-12-13-28)53-34-29-18-25(10-11-26(29)14-15-39-34)9-7-6-8-17-52-37(49)40-30/h4-5,7,9-12,14-15,18,27,30-31H,1-3,6,8,13,16-17,19-23H2,(H,40,49)(H,41,46)(H,42,48)/b9-7+/t27-,30+,31+/m1/s1. The number of aromatic nitrogens is 1. The van der Waals surface area contributed by atoms with E-state index in [0.717, 1.165) is 17.0 Å². The molecule has 4 aliphatic rings. The molecule has 2 fully saturated rings. The molecule has 2 aliphatic heterocycles. The molecule has 3 N–H and O–H groups in total. The van der Waals surface area contributed by atoms with Gasteiger partial charge in [0.2, 0.25) is 23.6 Å². The second kappa shape index (κ2) is 15.7. The molecular formula is C38H42N6O9S. The maximum atomic E-state index is 14.6. The average molecular weight is 759 g/mol. The van der Waals surface area contributed by atoms with Crippen molar-refractivity contribution in [1.29, 1.82) is 0 Å². The van der Waals surface area contributed by atoms with Crippen molar-refractivity contribution in [2.75, 3.05) is 26.2 Å². The van der Waals surface area contributed by atoms with Gasteiger partial charge in [-0.2, -0.15) is 0 Å². The van der Waals surface area contributed by atoms with Crippen molar-refractivity contribution < 1.29 is 41.9 Å². The third-order valence-electron chi connectivity index (χ3n) is 9.61. The molecule has 1 saturated heterocycles. The van der Waals surface area contributed by atoms with Crippen LogP contribution in [0.15, 0.2) is 85.0 Å². The molecule has 284 valence electrons. The van der Waals surface area contributed by atoms with E-state index in [0.29, 0.717) is 23.8 Å². The number of carbonyl (C=O) groups excluding carboxylic acids is 5. The lowest BCUT2D eigenvalue weighted by atomic mass is 9.72. The summed E-state index contributed by atoms with van der Waals surface area (Å²) >= 11 is 0. The molecule has 6 rings (SSSR count). The Morgan fingerprint density at radius 1 is 1.17 bits per heavy atom. The van der Waals surface area contributed by atoms with Crippen molar-refractivity contribution >= 4 is 56.6 Å². The topological polar surface area (TPSA) is 193 Å². The van der Waals surface area contributed by atoms with Gasteiger partial charge < -0.3 is 29.9 Å². The lowest BCUT2D eigenvalue weighted by molar-refractivity contribution is -0.143. The van der Waals surface area contributed by atoms with E-state index in [1.807, 2.05) is 36.4 Å². The van der Waals surface area contributed by atoms with E-state index in [2.05, 4.69) is 40.1 Å². The minimum Gasteiger partial charge on any atom is -0.472 e. The first kappa shape index (κ1) is 38.0. The fourth-order valence-electron chi connectivity index (χ4n) is 6.78. The lowest BCUT2D eigenvalue weighted by Gasteiger charge is -2.43. The summed E-state index contributed by atoms with van der Waals surface area (Å²) in [4.78, 5) is 75.2. The van der Waals surface area contributed by atoms with Gasteiger partial charge in [-0.15, -0.1) is 6.58 Å². The van der Waals surface area contributed by atoms with Crippen LogP contribution in [0.5, 0.6) is 5.88 Å². The van der Waals surface area contributed by atoms with Crippen LogP contribution < -0.4 is 20.1 Å². The highest BCUT2D eigenvalue weighted by Crippen LogP contribution is 2.38. The number of fused-ring (bicyclic) bond motifs is 3. The summed E-state index contributed by atoms with van der Waals surface area (Å²) in [5.74, 6) is -2.67. The van der Waals surface area contributed by atoms with Crippen LogP contribution >= 0.6 is 0 Å². The van der Waals surface area contributed by atoms with E-state index < -0.39 is 63.5 Å². The number of alkyl carbamates (subject to hydrolysis) is 1. The maximum Gasteiger partial charge on any atom is 0.407 e. The van der Waals surface area contributed by atoms with Gasteiger partial charge >= 0.3 is 6.09 Å². The first-order valence-electron chi connectivity index (χ1n) is 17.6. The Balaban J connectivity index is 1.35. The van der Waals surface area contributed by atoms with E-state index >= 15 is 0 Å². The smallest absolute Gasteiger partial charge is 0.407 e. The molecule has 5 amide bonds. The Hall–Kier alpha value is -5.77. The van der Waals surface area contributed by atoms with E-state index in [4.69, 9.17) is 9.47 Å². The fraction of sp³-hybridized carbons (Fsp3) is 0.368. The number of cyclic esters (lactones) is 1. The van der Waals surface area contributed by atoms with Crippen LogP contribution in [0.2, 0.25) is 0 Å². The Morgan fingerprint density at radius 3 is 2.65 bits per heavy atom. The number of nitrogens with zero attached hydrogens (tertiary/aromatic N) is 3. The van der Waals surface area contributed by atoms with Gasteiger partial charge in [0.05, 0.1) is 24.6 Å². The van der Waals surface area contributed by atoms with E-state index in [9.17, 15) is 32.4 Å². The van der Waals surface area contributed by atoms with Crippen LogP contribution in [0, 0.1) is 0 Å². The molecule has 3 heterocycles. The molecule has 0 radical (unpaired) electrons. The molecule has 16 heteroatoms. The SMILES string of the molecule is C=CCN(C[C@@H]1NC(=O)OCCC/C=C/c2ccc3ccnc(c3c2)O[C@@H]2C[C@@H](C(=O)NC3(C(=O)NS(=O)(=O)C4=CC4)CC(=C)C3)N(C2)C1=O)C(=O)C=C. The number of hydrogen-bond acceptors (Lipinski definition) is 10. The van der Waals surface area contributed by atoms with Crippen LogP contribution in [-0.4, -0.2) is 103 Å². The molecule has 1 aromatic heterocycles. The highest BCUT2D eigenvalue weighted by molar-refractivity contribution is 7.94. The van der Waals surface area contributed by atoms with Crippen molar-refractivity contribution in [3.8, 4) is 5.88 Å². The number of rotatable bonds is 10. The van der Waals surface area contributed by atoms with Gasteiger partial charge in [0.15, 0.2) is 0 Å². The first-order chi connectivity index (χ1) is 25.8. The monoisotopic (exact) mass is 758 g/mol. The number of hydrogen-bond donors (Lipinski definition) is 3. The molecule has 3 atom stereocenters. The van der Waals surface area contributed by atoms with Gasteiger partial charge in [0.1, 0.15) is 23.7 Å². The lowest BCUT2D eigenvalue weighted by Crippen LogP contribution is -2.66. The van der Waals surface area contributed by atoms with Crippen LogP contribution in [0.4, 0.5) is 4.79 Å². The number of allylic oxidation sites excluding steroid dienone is 3. The fourth-order valence-corrected chi connectivity index (χ4v) is 7.87. The molecule has 0 spiro atoms. The number of pyridine rings is 1. The summed E-state index contributed by atoms with van der Waals surface area (Å²) < 4.78 is 39.2. The first-order valence-corrected chi connectivity index (χ1v) is 19.0. The summed E-state index contributed by atoms with van der Waals surface area (Å²) in [6.07, 6.45) is 8.95. The molecule has 2 aromatic rings. The summed E-state index contributed by atoms with van der Waals surface area (Å²) in [6.45, 7) is 10.7. The van der Waals surface area contributed by atoms with Crippen LogP contribution in [-0.2, 0) is 33.9 Å². The molecule has 1 saturated carbocycles. The third kappa shape index (κ3) is 8.38. The minimum absolute atomic E-state index is 0.0173. The van der Waals surface area contributed by atoms with Gasteiger partial charge in [-0.25, -0.2) is 22.9 Å². The second-order valence-electron chi connectivity index (χ2n) is 13.7. The molecule has 15 nitrogen and oxygen atoms in total. The third-order valence-corrected chi connectivity index (χ3v) is 11.1. The van der Waals surface area contributed by atoms with Crippen LogP contribution in [0.3, 0.4) is 0 Å². The molecule has 0 unspecified atom stereocenters. The van der Waals surface area contributed by atoms with E-state index in [-0.39, 0.29) is 62.7 Å². The van der Waals surface area contributed by atoms with Crippen molar-refractivity contribution in [3.05, 3.63) is 90.5 Å². The Kier molecular flexibility index (Phi) is 11.0. The number of nitrogens with one attached hydrogen (secondary N) is 3. The van der Waals surface area contributed by atoms with Crippen LogP contribution in [0.25, 0.3) is 16.8 Å². The van der Waals surface area contributed by atoms with Gasteiger partial charge in [0.25, 0.3) is 15.9 Å². The summed E-state index contributed by atoms with van der Waals surface area (Å²) in [6, 6.07) is 4.97. The minimum atomic E-state index is -4.07. The van der Waals surface area contributed by atoms with Crippen molar-refractivity contribution in [3.63, 3.8) is 0 Å². The quantitative estimate of drug-likeness (QED) is 0.240. The molecule has 4 bridgehead atoms. The number of benzene rings is 1. The number of carbonyl (C=O) groups is 5. The number of ether oxygens (including phenoxy) is 2. The predicted octanol–water partition coefficient (Wildman–Crippen LogP) is 2.62. The van der Waals surface area contributed by atoms with Gasteiger partial charge in [-0.1, -0.05) is 55.2 Å². The highest BCUT2D eigenvalue weighted by Gasteiger charge is 2.52. The Bertz CT molecular complexity index is 2090. The van der Waals surface area contributed by atoms with Gasteiger partial charge in [0, 0.05) is 43.8 Å². The largest absolute Gasteiger partial charge is 0.472 e. The molecular weight excluding hydrogens is 717 g/mol. The van der Waals surface area contributed by atoms with Crippen molar-refractivity contribution in [2.24, 2.45) is 0 Å². The predicted molar refractivity (Wildman–Crippen MR) is 199 cm³/mol. The van der Waals surface area contributed by atoms with E-state index in [1.54, 1.807) is 6.20 Å². The molecule has 1 aromatic carbocycles. The zero-order valence-corrected chi connectivity index (χ0v) is 30.4. The van der Waals surface area contributed by atoms with Gasteiger partial charge in [-0.3, -0.25) is 19.2 Å². The molecule has 2 aliphatic carbocycles. The normalized spacial score (nSPS) is 22.9. The van der Waals surface area contributed by atoms with Crippen molar-refractivity contribution in [2.45, 2.75) is 62.3 Å². The zero-order valence-electron chi connectivity index (χ0n) is 29.6. The summed E-state index contributed by atoms with van der Waals surface area (Å²) in [5, 5.41) is 6.86. The van der Waals surface area contributed by atoms with Crippen molar-refractivity contribution in [1.82, 2.24) is 30.1 Å². The summed E-state index contributed by atoms with van der Waals surface area (Å²) in [7, 11) is -4.07. The average Bonchev–Trinajstić information content (AvgIpc) is 3.91. The van der Waals surface area contributed by atoms with Crippen LogP contribution in [0.1, 0.15) is 44.1 Å². The second-order valence-corrected chi connectivity index (χ2v) is 15.4. The Morgan fingerprint density at radius 2 is 1.94 bits per heavy atom. The number of amides is 5.